The number of hydrogen-bond acceptors (Lipinski definition) is 2. The zero-order valence-corrected chi connectivity index (χ0v) is 18.2. The predicted molar refractivity (Wildman–Crippen MR) is 107 cm³/mol. The maximum absolute atomic E-state index is 13.2. The molecule has 1 aromatic rings. The zero-order valence-electron chi connectivity index (χ0n) is 16.6. The highest BCUT2D eigenvalue weighted by atomic mass is 79.9. The number of carbonyl (C=O) groups is 1. The maximum atomic E-state index is 13.2. The van der Waals surface area contributed by atoms with E-state index in [0.717, 1.165) is 60.6 Å². The van der Waals surface area contributed by atoms with Crippen LogP contribution in [0.2, 0.25) is 0 Å². The van der Waals surface area contributed by atoms with Crippen molar-refractivity contribution in [1.29, 1.82) is 0 Å². The number of nitrogens with zero attached hydrogens (tertiary/aromatic N) is 2. The summed E-state index contributed by atoms with van der Waals surface area (Å²) in [7, 11) is 0. The fraction of sp³-hybridized carbons (Fsp3) is 0.810. The third-order valence-corrected chi connectivity index (χ3v) is 8.38. The van der Waals surface area contributed by atoms with Gasteiger partial charge in [-0.3, -0.25) is 9.48 Å². The van der Waals surface area contributed by atoms with Gasteiger partial charge in [0.2, 0.25) is 5.91 Å². The van der Waals surface area contributed by atoms with Crippen LogP contribution in [0.3, 0.4) is 0 Å². The highest BCUT2D eigenvalue weighted by Gasteiger charge is 2.62. The molecule has 26 heavy (non-hydrogen) atoms. The van der Waals surface area contributed by atoms with Crippen LogP contribution in [0.15, 0.2) is 4.47 Å². The third-order valence-electron chi connectivity index (χ3n) is 7.23. The van der Waals surface area contributed by atoms with Crippen molar-refractivity contribution in [2.45, 2.75) is 79.2 Å². The summed E-state index contributed by atoms with van der Waals surface area (Å²) in [6, 6.07) is 0. The van der Waals surface area contributed by atoms with E-state index in [0.29, 0.717) is 16.7 Å². The molecule has 4 aliphatic carbocycles. The largest absolute Gasteiger partial charge is 0.356 e. The van der Waals surface area contributed by atoms with Gasteiger partial charge in [-0.15, -0.1) is 0 Å². The third kappa shape index (κ3) is 3.04. The van der Waals surface area contributed by atoms with Crippen molar-refractivity contribution in [3.63, 3.8) is 0 Å². The molecule has 0 radical (unpaired) electrons. The van der Waals surface area contributed by atoms with Crippen LogP contribution in [-0.2, 0) is 11.3 Å². The fourth-order valence-electron chi connectivity index (χ4n) is 7.21. The Bertz CT molecular complexity index is 722. The van der Waals surface area contributed by atoms with E-state index in [4.69, 9.17) is 0 Å². The normalized spacial score (nSPS) is 38.0. The Kier molecular flexibility index (Phi) is 4.33. The van der Waals surface area contributed by atoms with Crippen molar-refractivity contribution in [1.82, 2.24) is 15.1 Å². The van der Waals surface area contributed by atoms with E-state index in [-0.39, 0.29) is 5.41 Å². The van der Waals surface area contributed by atoms with Crippen LogP contribution in [0.1, 0.15) is 70.2 Å². The number of nitrogens with one attached hydrogen (secondary N) is 1. The Morgan fingerprint density at radius 1 is 1.19 bits per heavy atom. The van der Waals surface area contributed by atoms with Gasteiger partial charge in [-0.05, 0) is 91.5 Å². The Labute approximate surface area is 165 Å². The average Bonchev–Trinajstić information content (AvgIpc) is 2.75. The number of hydrogen-bond donors (Lipinski definition) is 1. The van der Waals surface area contributed by atoms with Crippen LogP contribution in [-0.4, -0.2) is 22.2 Å². The molecule has 0 aliphatic heterocycles. The Morgan fingerprint density at radius 3 is 2.38 bits per heavy atom. The monoisotopic (exact) mass is 421 g/mol. The van der Waals surface area contributed by atoms with Gasteiger partial charge < -0.3 is 5.32 Å². The quantitative estimate of drug-likeness (QED) is 0.696. The summed E-state index contributed by atoms with van der Waals surface area (Å²) in [5, 5.41) is 7.85. The van der Waals surface area contributed by atoms with Gasteiger partial charge in [0.1, 0.15) is 0 Å². The molecule has 4 aliphatic rings. The second-order valence-corrected chi connectivity index (χ2v) is 11.0. The molecular weight excluding hydrogens is 390 g/mol. The molecule has 0 aromatic carbocycles. The van der Waals surface area contributed by atoms with Crippen molar-refractivity contribution in [3.8, 4) is 0 Å². The smallest absolute Gasteiger partial charge is 0.226 e. The molecule has 5 rings (SSSR count). The number of aryl methyl sites for hydroxylation is 2. The fourth-order valence-corrected chi connectivity index (χ4v) is 7.50. The average molecular weight is 422 g/mol. The van der Waals surface area contributed by atoms with E-state index < -0.39 is 0 Å². The number of halogens is 1. The molecule has 144 valence electrons. The number of carbonyl (C=O) groups excluding carboxylic acids is 1. The summed E-state index contributed by atoms with van der Waals surface area (Å²) >= 11 is 3.58. The molecule has 4 fully saturated rings. The Hall–Kier alpha value is -0.840. The summed E-state index contributed by atoms with van der Waals surface area (Å²) in [5.41, 5.74) is 2.88. The van der Waals surface area contributed by atoms with Gasteiger partial charge in [0, 0.05) is 18.8 Å². The van der Waals surface area contributed by atoms with Gasteiger partial charge >= 0.3 is 0 Å². The minimum absolute atomic E-state index is 0.0931. The predicted octanol–water partition coefficient (Wildman–Crippen LogP) is 4.77. The van der Waals surface area contributed by atoms with E-state index >= 15 is 0 Å². The minimum atomic E-state index is -0.0931. The summed E-state index contributed by atoms with van der Waals surface area (Å²) in [5.74, 6) is 1.09. The van der Waals surface area contributed by atoms with E-state index in [1.807, 2.05) is 11.6 Å². The molecule has 0 saturated heterocycles. The van der Waals surface area contributed by atoms with Crippen LogP contribution in [0.25, 0.3) is 0 Å². The first kappa shape index (κ1) is 18.5. The van der Waals surface area contributed by atoms with Crippen LogP contribution in [0, 0.1) is 36.0 Å². The number of amides is 1. The van der Waals surface area contributed by atoms with Crippen LogP contribution < -0.4 is 5.32 Å². The molecular formula is C21H32BrN3O. The molecule has 4 bridgehead atoms. The zero-order chi connectivity index (χ0) is 18.7. The van der Waals surface area contributed by atoms with E-state index in [1.165, 1.54) is 19.3 Å². The molecule has 0 spiro atoms. The second-order valence-electron chi connectivity index (χ2n) is 10.2. The summed E-state index contributed by atoms with van der Waals surface area (Å²) in [4.78, 5) is 13.2. The molecule has 4 saturated carbocycles. The SMILES string of the molecule is Cc1nn(CCCNC(=O)C23CC4CC(C)(CC(C)(C4)C2)C3)c(C)c1Br. The van der Waals surface area contributed by atoms with E-state index in [1.54, 1.807) is 0 Å². The van der Waals surface area contributed by atoms with Crippen molar-refractivity contribution in [2.75, 3.05) is 6.54 Å². The molecule has 4 nitrogen and oxygen atoms in total. The first-order valence-electron chi connectivity index (χ1n) is 10.1. The van der Waals surface area contributed by atoms with Gasteiger partial charge in [-0.2, -0.15) is 5.10 Å². The standard InChI is InChI=1S/C21H32BrN3O/c1-14-17(22)15(2)25(24-14)7-5-6-23-18(26)21-10-16-8-19(3,12-21)11-20(4,9-16)13-21/h16H,5-13H2,1-4H3,(H,23,26). The first-order valence-corrected chi connectivity index (χ1v) is 10.9. The van der Waals surface area contributed by atoms with E-state index in [9.17, 15) is 4.79 Å². The Morgan fingerprint density at radius 2 is 1.85 bits per heavy atom. The highest BCUT2D eigenvalue weighted by Crippen LogP contribution is 2.69. The Balaban J connectivity index is 1.36. The van der Waals surface area contributed by atoms with Gasteiger partial charge in [-0.25, -0.2) is 0 Å². The van der Waals surface area contributed by atoms with Crippen LogP contribution >= 0.6 is 15.9 Å². The van der Waals surface area contributed by atoms with Crippen molar-refractivity contribution < 1.29 is 4.79 Å². The van der Waals surface area contributed by atoms with Gasteiger partial charge in [-0.1, -0.05) is 13.8 Å². The minimum Gasteiger partial charge on any atom is -0.356 e. The van der Waals surface area contributed by atoms with Crippen LogP contribution in [0.5, 0.6) is 0 Å². The lowest BCUT2D eigenvalue weighted by atomic mass is 9.40. The molecule has 1 amide bonds. The van der Waals surface area contributed by atoms with Crippen molar-refractivity contribution >= 4 is 21.8 Å². The van der Waals surface area contributed by atoms with Gasteiger partial charge in [0.15, 0.2) is 0 Å². The molecule has 1 aromatic heterocycles. The number of rotatable bonds is 5. The van der Waals surface area contributed by atoms with Gasteiger partial charge in [0.25, 0.3) is 0 Å². The molecule has 2 unspecified atom stereocenters. The topological polar surface area (TPSA) is 46.9 Å². The first-order chi connectivity index (χ1) is 12.1. The lowest BCUT2D eigenvalue weighted by molar-refractivity contribution is -0.170. The lowest BCUT2D eigenvalue weighted by Gasteiger charge is -2.64. The maximum Gasteiger partial charge on any atom is 0.226 e. The second kappa shape index (κ2) is 6.08. The van der Waals surface area contributed by atoms with Gasteiger partial charge in [0.05, 0.1) is 15.6 Å². The molecule has 1 heterocycles. The van der Waals surface area contributed by atoms with E-state index in [2.05, 4.69) is 47.1 Å². The molecule has 5 heteroatoms. The summed E-state index contributed by atoms with van der Waals surface area (Å²) in [6.07, 6.45) is 8.24. The van der Waals surface area contributed by atoms with Crippen molar-refractivity contribution in [3.05, 3.63) is 15.9 Å². The number of aromatic nitrogens is 2. The molecule has 2 atom stereocenters. The highest BCUT2D eigenvalue weighted by molar-refractivity contribution is 9.10. The van der Waals surface area contributed by atoms with Crippen molar-refractivity contribution in [2.24, 2.45) is 22.2 Å². The molecule has 1 N–H and O–H groups in total. The lowest BCUT2D eigenvalue weighted by Crippen LogP contribution is -2.59. The summed E-state index contributed by atoms with van der Waals surface area (Å²) in [6.45, 7) is 10.6. The summed E-state index contributed by atoms with van der Waals surface area (Å²) < 4.78 is 3.13. The van der Waals surface area contributed by atoms with Crippen LogP contribution in [0.4, 0.5) is 0 Å².